The van der Waals surface area contributed by atoms with Crippen molar-refractivity contribution in [2.24, 2.45) is 0 Å². The first kappa shape index (κ1) is 15.5. The zero-order valence-electron chi connectivity index (χ0n) is 12.5. The number of hydrogen-bond acceptors (Lipinski definition) is 3. The molecule has 5 nitrogen and oxygen atoms in total. The average molecular weight is 289 g/mol. The number of likely N-dealkylation sites (tertiary alicyclic amines) is 1. The molecular formula is C16H23N3O2. The Labute approximate surface area is 125 Å². The summed E-state index contributed by atoms with van der Waals surface area (Å²) >= 11 is 0. The highest BCUT2D eigenvalue weighted by Gasteiger charge is 2.24. The van der Waals surface area contributed by atoms with Crippen molar-refractivity contribution in [1.29, 1.82) is 0 Å². The summed E-state index contributed by atoms with van der Waals surface area (Å²) < 4.78 is 0. The Morgan fingerprint density at radius 2 is 1.90 bits per heavy atom. The van der Waals surface area contributed by atoms with E-state index in [2.05, 4.69) is 22.5 Å². The van der Waals surface area contributed by atoms with Gasteiger partial charge in [0.25, 0.3) is 0 Å². The van der Waals surface area contributed by atoms with E-state index in [4.69, 9.17) is 0 Å². The number of amides is 2. The van der Waals surface area contributed by atoms with Crippen molar-refractivity contribution < 1.29 is 9.59 Å². The highest BCUT2D eigenvalue weighted by molar-refractivity contribution is 6.35. The van der Waals surface area contributed by atoms with Gasteiger partial charge in [0.15, 0.2) is 0 Å². The Morgan fingerprint density at radius 1 is 1.19 bits per heavy atom. The van der Waals surface area contributed by atoms with Gasteiger partial charge in [-0.3, -0.25) is 14.5 Å². The van der Waals surface area contributed by atoms with Gasteiger partial charge in [0.1, 0.15) is 0 Å². The lowest BCUT2D eigenvalue weighted by atomic mass is 10.2. The molecule has 0 aliphatic carbocycles. The topological polar surface area (TPSA) is 61.4 Å². The second-order valence-corrected chi connectivity index (χ2v) is 5.30. The molecule has 2 amide bonds. The van der Waals surface area contributed by atoms with Gasteiger partial charge in [-0.25, -0.2) is 0 Å². The summed E-state index contributed by atoms with van der Waals surface area (Å²) in [6.07, 6.45) is 2.24. The monoisotopic (exact) mass is 289 g/mol. The first-order valence-electron chi connectivity index (χ1n) is 7.54. The molecule has 1 heterocycles. The number of rotatable bonds is 5. The van der Waals surface area contributed by atoms with Crippen LogP contribution in [-0.2, 0) is 16.1 Å². The van der Waals surface area contributed by atoms with Crippen LogP contribution in [0.2, 0.25) is 0 Å². The van der Waals surface area contributed by atoms with Gasteiger partial charge < -0.3 is 10.6 Å². The van der Waals surface area contributed by atoms with Gasteiger partial charge in [0.05, 0.1) is 0 Å². The SMILES string of the molecule is CCN1CCC[C@H]1CNC(=O)C(=O)NCc1ccccc1. The van der Waals surface area contributed by atoms with Crippen LogP contribution < -0.4 is 10.6 Å². The van der Waals surface area contributed by atoms with Crippen LogP contribution in [-0.4, -0.2) is 42.4 Å². The number of nitrogens with zero attached hydrogens (tertiary/aromatic N) is 1. The van der Waals surface area contributed by atoms with Crippen molar-refractivity contribution >= 4 is 11.8 Å². The highest BCUT2D eigenvalue weighted by Crippen LogP contribution is 2.15. The Morgan fingerprint density at radius 3 is 2.62 bits per heavy atom. The zero-order valence-corrected chi connectivity index (χ0v) is 12.5. The molecule has 0 saturated carbocycles. The molecule has 21 heavy (non-hydrogen) atoms. The smallest absolute Gasteiger partial charge is 0.309 e. The zero-order chi connectivity index (χ0) is 15.1. The van der Waals surface area contributed by atoms with Gasteiger partial charge >= 0.3 is 11.8 Å². The summed E-state index contributed by atoms with van der Waals surface area (Å²) in [7, 11) is 0. The van der Waals surface area contributed by atoms with E-state index in [1.165, 1.54) is 0 Å². The highest BCUT2D eigenvalue weighted by atomic mass is 16.2. The number of benzene rings is 1. The van der Waals surface area contributed by atoms with E-state index >= 15 is 0 Å². The lowest BCUT2D eigenvalue weighted by molar-refractivity contribution is -0.139. The molecule has 1 aromatic rings. The molecule has 5 heteroatoms. The average Bonchev–Trinajstić information content (AvgIpc) is 2.98. The quantitative estimate of drug-likeness (QED) is 0.792. The van der Waals surface area contributed by atoms with Gasteiger partial charge in [0.2, 0.25) is 0 Å². The van der Waals surface area contributed by atoms with E-state index in [-0.39, 0.29) is 0 Å². The van der Waals surface area contributed by atoms with Crippen molar-refractivity contribution in [2.45, 2.75) is 32.4 Å². The van der Waals surface area contributed by atoms with E-state index in [1.807, 2.05) is 30.3 Å². The number of likely N-dealkylation sites (N-methyl/N-ethyl adjacent to an activating group) is 1. The van der Waals surface area contributed by atoms with Crippen molar-refractivity contribution in [3.05, 3.63) is 35.9 Å². The first-order valence-corrected chi connectivity index (χ1v) is 7.54. The Kier molecular flexibility index (Phi) is 5.75. The van der Waals surface area contributed by atoms with Crippen molar-refractivity contribution in [1.82, 2.24) is 15.5 Å². The Balaban J connectivity index is 1.71. The summed E-state index contributed by atoms with van der Waals surface area (Å²) in [4.78, 5) is 25.8. The maximum atomic E-state index is 11.8. The van der Waals surface area contributed by atoms with Crippen LogP contribution in [0.1, 0.15) is 25.3 Å². The van der Waals surface area contributed by atoms with E-state index in [1.54, 1.807) is 0 Å². The molecular weight excluding hydrogens is 266 g/mol. The second-order valence-electron chi connectivity index (χ2n) is 5.30. The van der Waals surface area contributed by atoms with Gasteiger partial charge in [0, 0.05) is 19.1 Å². The van der Waals surface area contributed by atoms with E-state index in [0.29, 0.717) is 19.1 Å². The standard InChI is InChI=1S/C16H23N3O2/c1-2-19-10-6-9-14(19)12-18-16(21)15(20)17-11-13-7-4-3-5-8-13/h3-5,7-8,14H,2,6,9-12H2,1H3,(H,17,20)(H,18,21)/t14-/m0/s1. The predicted octanol–water partition coefficient (Wildman–Crippen LogP) is 0.903. The van der Waals surface area contributed by atoms with Crippen molar-refractivity contribution in [2.75, 3.05) is 19.6 Å². The number of carbonyl (C=O) groups is 2. The van der Waals surface area contributed by atoms with E-state index in [9.17, 15) is 9.59 Å². The molecule has 0 aromatic heterocycles. The Hall–Kier alpha value is -1.88. The number of nitrogens with one attached hydrogen (secondary N) is 2. The molecule has 2 rings (SSSR count). The van der Waals surface area contributed by atoms with Crippen LogP contribution in [0.25, 0.3) is 0 Å². The van der Waals surface area contributed by atoms with Crippen molar-refractivity contribution in [3.8, 4) is 0 Å². The van der Waals surface area contributed by atoms with Crippen molar-refractivity contribution in [3.63, 3.8) is 0 Å². The van der Waals surface area contributed by atoms with Gasteiger partial charge in [-0.1, -0.05) is 37.3 Å². The molecule has 1 aliphatic heterocycles. The van der Waals surface area contributed by atoms with Crippen LogP contribution >= 0.6 is 0 Å². The molecule has 1 aliphatic rings. The molecule has 0 radical (unpaired) electrons. The molecule has 114 valence electrons. The van der Waals surface area contributed by atoms with Crippen LogP contribution in [0.3, 0.4) is 0 Å². The first-order chi connectivity index (χ1) is 10.2. The third kappa shape index (κ3) is 4.56. The minimum atomic E-state index is -0.570. The predicted molar refractivity (Wildman–Crippen MR) is 81.6 cm³/mol. The molecule has 1 atom stereocenters. The molecule has 0 spiro atoms. The van der Waals surface area contributed by atoms with Crippen LogP contribution in [0.4, 0.5) is 0 Å². The normalized spacial score (nSPS) is 18.4. The fourth-order valence-corrected chi connectivity index (χ4v) is 2.69. The van der Waals surface area contributed by atoms with Crippen LogP contribution in [0.15, 0.2) is 30.3 Å². The molecule has 0 unspecified atom stereocenters. The molecule has 1 saturated heterocycles. The second kappa shape index (κ2) is 7.78. The summed E-state index contributed by atoms with van der Waals surface area (Å²) in [5.74, 6) is -1.12. The Bertz CT molecular complexity index is 476. The molecule has 0 bridgehead atoms. The summed E-state index contributed by atoms with van der Waals surface area (Å²) in [6, 6.07) is 9.91. The summed E-state index contributed by atoms with van der Waals surface area (Å²) in [5, 5.41) is 5.37. The van der Waals surface area contributed by atoms with E-state index in [0.717, 1.165) is 31.5 Å². The summed E-state index contributed by atoms with van der Waals surface area (Å²) in [6.45, 7) is 5.10. The lowest BCUT2D eigenvalue weighted by Crippen LogP contribution is -2.45. The number of hydrogen-bond donors (Lipinski definition) is 2. The maximum Gasteiger partial charge on any atom is 0.309 e. The minimum Gasteiger partial charge on any atom is -0.346 e. The maximum absolute atomic E-state index is 11.8. The fraction of sp³-hybridized carbons (Fsp3) is 0.500. The lowest BCUT2D eigenvalue weighted by Gasteiger charge is -2.22. The minimum absolute atomic E-state index is 0.362. The number of carbonyl (C=O) groups excluding carboxylic acids is 2. The third-order valence-electron chi connectivity index (χ3n) is 3.91. The largest absolute Gasteiger partial charge is 0.346 e. The summed E-state index contributed by atoms with van der Waals surface area (Å²) in [5.41, 5.74) is 0.978. The van der Waals surface area contributed by atoms with Gasteiger partial charge in [-0.15, -0.1) is 0 Å². The molecule has 1 fully saturated rings. The van der Waals surface area contributed by atoms with Gasteiger partial charge in [-0.05, 0) is 31.5 Å². The van der Waals surface area contributed by atoms with E-state index < -0.39 is 11.8 Å². The fourth-order valence-electron chi connectivity index (χ4n) is 2.69. The van der Waals surface area contributed by atoms with Crippen LogP contribution in [0.5, 0.6) is 0 Å². The third-order valence-corrected chi connectivity index (χ3v) is 3.91. The van der Waals surface area contributed by atoms with Crippen LogP contribution in [0, 0.1) is 0 Å². The molecule has 2 N–H and O–H groups in total. The van der Waals surface area contributed by atoms with Gasteiger partial charge in [-0.2, -0.15) is 0 Å². The molecule has 1 aromatic carbocycles.